The van der Waals surface area contributed by atoms with Crippen molar-refractivity contribution in [2.75, 3.05) is 19.5 Å². The van der Waals surface area contributed by atoms with Crippen LogP contribution in [0.25, 0.3) is 0 Å². The lowest BCUT2D eigenvalue weighted by Gasteiger charge is -2.13. The molecule has 0 bridgehead atoms. The van der Waals surface area contributed by atoms with Crippen molar-refractivity contribution in [3.05, 3.63) is 53.8 Å². The van der Waals surface area contributed by atoms with Crippen LogP contribution < -0.4 is 20.2 Å². The van der Waals surface area contributed by atoms with Crippen molar-refractivity contribution >= 4 is 17.8 Å². The fraction of sp³-hybridized carbons (Fsp3) is 0.222. The number of carbonyl (C=O) groups is 1. The average Bonchev–Trinajstić information content (AvgIpc) is 2.63. The Morgan fingerprint density at radius 2 is 1.88 bits per heavy atom. The zero-order chi connectivity index (χ0) is 18.2. The van der Waals surface area contributed by atoms with Gasteiger partial charge < -0.3 is 14.8 Å². The SMILES string of the molecule is COc1ccc(/C=N\NC(=O)[C@H](C)Nc2ccc(F)cc2)c(OC)c1. The third-order valence-corrected chi connectivity index (χ3v) is 3.44. The maximum absolute atomic E-state index is 12.9. The van der Waals surface area contributed by atoms with E-state index >= 15 is 0 Å². The predicted octanol–water partition coefficient (Wildman–Crippen LogP) is 2.79. The molecular weight excluding hydrogens is 325 g/mol. The van der Waals surface area contributed by atoms with Gasteiger partial charge >= 0.3 is 0 Å². The molecule has 0 aliphatic carbocycles. The summed E-state index contributed by atoms with van der Waals surface area (Å²) in [7, 11) is 3.11. The largest absolute Gasteiger partial charge is 0.497 e. The van der Waals surface area contributed by atoms with Crippen LogP contribution in [0.5, 0.6) is 11.5 Å². The number of nitrogens with zero attached hydrogens (tertiary/aromatic N) is 1. The predicted molar refractivity (Wildman–Crippen MR) is 94.8 cm³/mol. The third-order valence-electron chi connectivity index (χ3n) is 3.44. The molecule has 25 heavy (non-hydrogen) atoms. The first kappa shape index (κ1) is 18.3. The van der Waals surface area contributed by atoms with Crippen LogP contribution in [-0.2, 0) is 4.79 Å². The van der Waals surface area contributed by atoms with Gasteiger partial charge in [-0.1, -0.05) is 0 Å². The summed E-state index contributed by atoms with van der Waals surface area (Å²) in [6.07, 6.45) is 1.49. The molecule has 0 unspecified atom stereocenters. The summed E-state index contributed by atoms with van der Waals surface area (Å²) >= 11 is 0. The molecule has 1 amide bonds. The molecule has 7 heteroatoms. The number of carbonyl (C=O) groups excluding carboxylic acids is 1. The zero-order valence-corrected chi connectivity index (χ0v) is 14.2. The van der Waals surface area contributed by atoms with Crippen LogP contribution in [0.2, 0.25) is 0 Å². The van der Waals surface area contributed by atoms with Crippen LogP contribution in [-0.4, -0.2) is 32.4 Å². The molecule has 2 aromatic carbocycles. The molecule has 0 radical (unpaired) electrons. The molecule has 6 nitrogen and oxygen atoms in total. The van der Waals surface area contributed by atoms with Crippen LogP contribution >= 0.6 is 0 Å². The molecule has 0 aliphatic rings. The van der Waals surface area contributed by atoms with Gasteiger partial charge in [0.15, 0.2) is 0 Å². The average molecular weight is 345 g/mol. The summed E-state index contributed by atoms with van der Waals surface area (Å²) < 4.78 is 23.3. The van der Waals surface area contributed by atoms with Gasteiger partial charge in [0.25, 0.3) is 5.91 Å². The molecule has 0 aliphatic heterocycles. The summed E-state index contributed by atoms with van der Waals surface area (Å²) in [4.78, 5) is 12.0. The van der Waals surface area contributed by atoms with E-state index in [1.54, 1.807) is 51.5 Å². The van der Waals surface area contributed by atoms with Gasteiger partial charge in [-0.25, -0.2) is 9.82 Å². The number of hydrazone groups is 1. The Morgan fingerprint density at radius 3 is 2.52 bits per heavy atom. The Balaban J connectivity index is 1.94. The number of benzene rings is 2. The number of rotatable bonds is 7. The van der Waals surface area contributed by atoms with Crippen molar-refractivity contribution in [2.45, 2.75) is 13.0 Å². The van der Waals surface area contributed by atoms with Crippen LogP contribution in [0.3, 0.4) is 0 Å². The molecular formula is C18H20FN3O3. The first-order valence-corrected chi connectivity index (χ1v) is 7.60. The Hall–Kier alpha value is -3.09. The lowest BCUT2D eigenvalue weighted by molar-refractivity contribution is -0.121. The molecule has 0 saturated carbocycles. The molecule has 0 spiro atoms. The molecule has 1 atom stereocenters. The van der Waals surface area contributed by atoms with Gasteiger partial charge in [0.1, 0.15) is 23.4 Å². The second kappa shape index (κ2) is 8.68. The number of hydrogen-bond acceptors (Lipinski definition) is 5. The van der Waals surface area contributed by atoms with Crippen molar-refractivity contribution in [1.29, 1.82) is 0 Å². The monoisotopic (exact) mass is 345 g/mol. The van der Waals surface area contributed by atoms with Gasteiger partial charge in [-0.3, -0.25) is 4.79 Å². The number of nitrogens with one attached hydrogen (secondary N) is 2. The smallest absolute Gasteiger partial charge is 0.262 e. The van der Waals surface area contributed by atoms with Gasteiger partial charge in [0, 0.05) is 17.3 Å². The number of methoxy groups -OCH3 is 2. The molecule has 2 rings (SSSR count). The van der Waals surface area contributed by atoms with E-state index in [2.05, 4.69) is 15.8 Å². The number of halogens is 1. The molecule has 0 heterocycles. The first-order chi connectivity index (χ1) is 12.0. The summed E-state index contributed by atoms with van der Waals surface area (Å²) in [5.74, 6) is 0.582. The highest BCUT2D eigenvalue weighted by atomic mass is 19.1. The lowest BCUT2D eigenvalue weighted by Crippen LogP contribution is -2.34. The quantitative estimate of drug-likeness (QED) is 0.598. The minimum atomic E-state index is -0.541. The van der Waals surface area contributed by atoms with E-state index in [4.69, 9.17) is 9.47 Å². The van der Waals surface area contributed by atoms with Gasteiger partial charge in [0.05, 0.1) is 20.4 Å². The van der Waals surface area contributed by atoms with E-state index in [-0.39, 0.29) is 11.7 Å². The van der Waals surface area contributed by atoms with E-state index < -0.39 is 6.04 Å². The van der Waals surface area contributed by atoms with E-state index in [1.807, 2.05) is 0 Å². The number of ether oxygens (including phenoxy) is 2. The highest BCUT2D eigenvalue weighted by Gasteiger charge is 2.11. The molecule has 0 saturated heterocycles. The van der Waals surface area contributed by atoms with Gasteiger partial charge in [-0.15, -0.1) is 0 Å². The Morgan fingerprint density at radius 1 is 1.16 bits per heavy atom. The highest BCUT2D eigenvalue weighted by Crippen LogP contribution is 2.22. The van der Waals surface area contributed by atoms with Crippen molar-refractivity contribution in [3.63, 3.8) is 0 Å². The van der Waals surface area contributed by atoms with Crippen LogP contribution in [0.15, 0.2) is 47.6 Å². The normalized spacial score (nSPS) is 11.8. The van der Waals surface area contributed by atoms with Gasteiger partial charge in [0.2, 0.25) is 0 Å². The summed E-state index contributed by atoms with van der Waals surface area (Å²) in [6.45, 7) is 1.68. The van der Waals surface area contributed by atoms with Crippen LogP contribution in [0.4, 0.5) is 10.1 Å². The number of anilines is 1. The second-order valence-corrected chi connectivity index (χ2v) is 5.22. The summed E-state index contributed by atoms with van der Waals surface area (Å²) in [5, 5.41) is 6.90. The molecule has 2 N–H and O–H groups in total. The standard InChI is InChI=1S/C18H20FN3O3/c1-12(21-15-7-5-14(19)6-8-15)18(23)22-20-11-13-4-9-16(24-2)10-17(13)25-3/h4-12,21H,1-3H3,(H,22,23)/b20-11-/t12-/m0/s1. The lowest BCUT2D eigenvalue weighted by atomic mass is 10.2. The highest BCUT2D eigenvalue weighted by molar-refractivity contribution is 5.87. The molecule has 0 fully saturated rings. The maximum Gasteiger partial charge on any atom is 0.262 e. The minimum Gasteiger partial charge on any atom is -0.497 e. The first-order valence-electron chi connectivity index (χ1n) is 7.60. The Kier molecular flexibility index (Phi) is 6.33. The molecule has 132 valence electrons. The zero-order valence-electron chi connectivity index (χ0n) is 14.2. The Labute approximate surface area is 145 Å². The fourth-order valence-electron chi connectivity index (χ4n) is 2.05. The Bertz CT molecular complexity index is 748. The van der Waals surface area contributed by atoms with Crippen molar-refractivity contribution in [3.8, 4) is 11.5 Å². The topological polar surface area (TPSA) is 72.0 Å². The van der Waals surface area contributed by atoms with Gasteiger partial charge in [-0.05, 0) is 43.3 Å². The van der Waals surface area contributed by atoms with Crippen molar-refractivity contribution < 1.29 is 18.7 Å². The fourth-order valence-corrected chi connectivity index (χ4v) is 2.05. The van der Waals surface area contributed by atoms with E-state index in [1.165, 1.54) is 18.3 Å². The molecule has 0 aromatic heterocycles. The minimum absolute atomic E-state index is 0.326. The van der Waals surface area contributed by atoms with Crippen LogP contribution in [0, 0.1) is 5.82 Å². The summed E-state index contributed by atoms with van der Waals surface area (Å²) in [6, 6.07) is 10.5. The summed E-state index contributed by atoms with van der Waals surface area (Å²) in [5.41, 5.74) is 3.79. The number of amides is 1. The number of hydrogen-bond donors (Lipinski definition) is 2. The van der Waals surface area contributed by atoms with Crippen molar-refractivity contribution in [2.24, 2.45) is 5.10 Å². The van der Waals surface area contributed by atoms with E-state index in [9.17, 15) is 9.18 Å². The van der Waals surface area contributed by atoms with Gasteiger partial charge in [-0.2, -0.15) is 5.10 Å². The maximum atomic E-state index is 12.9. The molecule has 2 aromatic rings. The third kappa shape index (κ3) is 5.20. The van der Waals surface area contributed by atoms with Crippen molar-refractivity contribution in [1.82, 2.24) is 5.43 Å². The van der Waals surface area contributed by atoms with E-state index in [0.29, 0.717) is 22.7 Å². The van der Waals surface area contributed by atoms with Crippen LogP contribution in [0.1, 0.15) is 12.5 Å². The second-order valence-electron chi connectivity index (χ2n) is 5.22. The van der Waals surface area contributed by atoms with E-state index in [0.717, 1.165) is 0 Å².